The van der Waals surface area contributed by atoms with Crippen LogP contribution in [0.5, 0.6) is 0 Å². The third-order valence-corrected chi connectivity index (χ3v) is 5.07. The van der Waals surface area contributed by atoms with Crippen LogP contribution in [-0.4, -0.2) is 14.2 Å². The number of fused-ring (bicyclic) bond motifs is 6. The predicted molar refractivity (Wildman–Crippen MR) is 95.3 cm³/mol. The number of para-hydroxylation sites is 1. The van der Waals surface area contributed by atoms with Crippen LogP contribution >= 0.6 is 0 Å². The van der Waals surface area contributed by atoms with Gasteiger partial charge in [-0.3, -0.25) is 4.79 Å². The van der Waals surface area contributed by atoms with Gasteiger partial charge in [-0.1, -0.05) is 24.6 Å². The van der Waals surface area contributed by atoms with Crippen molar-refractivity contribution in [3.8, 4) is 6.07 Å². The van der Waals surface area contributed by atoms with Gasteiger partial charge >= 0.3 is 5.63 Å². The maximum absolute atomic E-state index is 13.0. The zero-order valence-corrected chi connectivity index (χ0v) is 13.9. The average Bonchev–Trinajstić information content (AvgIpc) is 2.85. The zero-order valence-electron chi connectivity index (χ0n) is 13.9. The lowest BCUT2D eigenvalue weighted by atomic mass is 10.0. The molecule has 0 saturated heterocycles. The van der Waals surface area contributed by atoms with Crippen molar-refractivity contribution in [3.05, 3.63) is 56.4 Å². The van der Waals surface area contributed by atoms with Crippen LogP contribution in [0.25, 0.3) is 27.4 Å². The Morgan fingerprint density at radius 3 is 2.81 bits per heavy atom. The van der Waals surface area contributed by atoms with Crippen molar-refractivity contribution in [3.63, 3.8) is 0 Å². The first kappa shape index (κ1) is 14.9. The second-order valence-electron chi connectivity index (χ2n) is 6.54. The van der Waals surface area contributed by atoms with E-state index in [0.29, 0.717) is 34.1 Å². The molecule has 0 saturated carbocycles. The van der Waals surface area contributed by atoms with Gasteiger partial charge in [-0.05, 0) is 18.9 Å². The van der Waals surface area contributed by atoms with Gasteiger partial charge in [0.05, 0.1) is 0 Å². The van der Waals surface area contributed by atoms with Crippen molar-refractivity contribution in [2.75, 3.05) is 0 Å². The van der Waals surface area contributed by atoms with Gasteiger partial charge in [0.2, 0.25) is 0 Å². The monoisotopic (exact) mass is 346 g/mol. The topological polar surface area (TPSA) is 93.3 Å². The number of nitriles is 1. The first-order chi connectivity index (χ1) is 12.7. The molecular formula is C19H14N4O3. The molecule has 7 nitrogen and oxygen atoms in total. The fourth-order valence-electron chi connectivity index (χ4n) is 3.91. The van der Waals surface area contributed by atoms with E-state index < -0.39 is 11.2 Å². The Bertz CT molecular complexity index is 1370. The van der Waals surface area contributed by atoms with Crippen LogP contribution in [-0.2, 0) is 13.0 Å². The second kappa shape index (κ2) is 5.30. The third-order valence-electron chi connectivity index (χ3n) is 5.07. The number of rotatable bonds is 0. The number of pyridine rings is 1. The summed E-state index contributed by atoms with van der Waals surface area (Å²) in [5, 5.41) is 15.2. The summed E-state index contributed by atoms with van der Waals surface area (Å²) in [6, 6.07) is 9.18. The maximum atomic E-state index is 13.0. The molecule has 4 heterocycles. The Morgan fingerprint density at radius 1 is 1.12 bits per heavy atom. The van der Waals surface area contributed by atoms with Gasteiger partial charge in [0.15, 0.2) is 5.65 Å². The standard InChI is InChI=1S/C19H14N4O3/c20-10-12-15-11-6-3-4-7-13(11)26-19(25)16(15)18(24)23-17(12)22-9-5-1-2-8-14(22)21-23/h3-4,6-7H,1-2,5,8-9H2. The van der Waals surface area contributed by atoms with Crippen LogP contribution in [0, 0.1) is 11.3 Å². The van der Waals surface area contributed by atoms with Crippen LogP contribution in [0.2, 0.25) is 0 Å². The molecule has 0 amide bonds. The molecule has 5 rings (SSSR count). The number of hydrogen-bond donors (Lipinski definition) is 0. The second-order valence-corrected chi connectivity index (χ2v) is 6.54. The molecule has 0 fully saturated rings. The molecule has 128 valence electrons. The van der Waals surface area contributed by atoms with E-state index in [9.17, 15) is 14.9 Å². The first-order valence-electron chi connectivity index (χ1n) is 8.61. The summed E-state index contributed by atoms with van der Waals surface area (Å²) < 4.78 is 8.47. The molecule has 0 N–H and O–H groups in total. The van der Waals surface area contributed by atoms with Crippen molar-refractivity contribution >= 4 is 27.4 Å². The number of benzene rings is 1. The van der Waals surface area contributed by atoms with Crippen LogP contribution in [0.4, 0.5) is 0 Å². The van der Waals surface area contributed by atoms with E-state index >= 15 is 0 Å². The van der Waals surface area contributed by atoms with Crippen molar-refractivity contribution < 1.29 is 4.42 Å². The van der Waals surface area contributed by atoms with Gasteiger partial charge in [-0.2, -0.15) is 9.78 Å². The number of aryl methyl sites for hydroxylation is 2. The lowest BCUT2D eigenvalue weighted by Crippen LogP contribution is -2.22. The summed E-state index contributed by atoms with van der Waals surface area (Å²) in [4.78, 5) is 25.5. The molecule has 0 atom stereocenters. The van der Waals surface area contributed by atoms with Gasteiger partial charge in [0.1, 0.15) is 28.4 Å². The minimum absolute atomic E-state index is 0.119. The minimum atomic E-state index is -0.738. The molecule has 0 spiro atoms. The molecule has 0 aliphatic carbocycles. The number of hydrogen-bond acceptors (Lipinski definition) is 5. The molecule has 1 aliphatic heterocycles. The van der Waals surface area contributed by atoms with Gasteiger partial charge in [0.25, 0.3) is 5.56 Å². The fourth-order valence-corrected chi connectivity index (χ4v) is 3.91. The highest BCUT2D eigenvalue weighted by Gasteiger charge is 2.24. The summed E-state index contributed by atoms with van der Waals surface area (Å²) in [6.45, 7) is 0.706. The molecule has 1 aromatic carbocycles. The quantitative estimate of drug-likeness (QED) is 0.360. The molecule has 7 heteroatoms. The normalized spacial score (nSPS) is 14.4. The molecule has 3 aromatic heterocycles. The Hall–Kier alpha value is -3.40. The summed E-state index contributed by atoms with van der Waals surface area (Å²) in [5.41, 5.74) is -0.144. The zero-order chi connectivity index (χ0) is 17.8. The van der Waals surface area contributed by atoms with Crippen LogP contribution < -0.4 is 11.2 Å². The molecule has 0 bridgehead atoms. The van der Waals surface area contributed by atoms with E-state index in [1.165, 1.54) is 4.52 Å². The molecular weight excluding hydrogens is 332 g/mol. The number of nitrogens with zero attached hydrogens (tertiary/aromatic N) is 4. The largest absolute Gasteiger partial charge is 0.422 e. The van der Waals surface area contributed by atoms with E-state index in [1.807, 2.05) is 4.57 Å². The van der Waals surface area contributed by atoms with E-state index in [0.717, 1.165) is 31.5 Å². The summed E-state index contributed by atoms with van der Waals surface area (Å²) in [5.74, 6) is 0.778. The average molecular weight is 346 g/mol. The molecule has 1 aliphatic rings. The van der Waals surface area contributed by atoms with Crippen molar-refractivity contribution in [2.24, 2.45) is 0 Å². The molecule has 26 heavy (non-hydrogen) atoms. The maximum Gasteiger partial charge on any atom is 0.349 e. The fraction of sp³-hybridized carbons (Fsp3) is 0.263. The third kappa shape index (κ3) is 1.84. The van der Waals surface area contributed by atoms with Crippen LogP contribution in [0.3, 0.4) is 0 Å². The highest BCUT2D eigenvalue weighted by atomic mass is 16.4. The summed E-state index contributed by atoms with van der Waals surface area (Å²) >= 11 is 0. The Kier molecular flexibility index (Phi) is 3.04. The van der Waals surface area contributed by atoms with Crippen molar-refractivity contribution in [1.29, 1.82) is 5.26 Å². The molecule has 0 radical (unpaired) electrons. The SMILES string of the molecule is N#Cc1c2c(c(=O)oc3ccccc32)c(=O)n2nc3n(c12)CCCCC3. The predicted octanol–water partition coefficient (Wildman–Crippen LogP) is 2.35. The molecule has 4 aromatic rings. The van der Waals surface area contributed by atoms with Gasteiger partial charge < -0.3 is 8.98 Å². The van der Waals surface area contributed by atoms with Gasteiger partial charge in [-0.25, -0.2) is 4.79 Å². The highest BCUT2D eigenvalue weighted by molar-refractivity contribution is 6.08. The lowest BCUT2D eigenvalue weighted by Gasteiger charge is -2.08. The van der Waals surface area contributed by atoms with Crippen LogP contribution in [0.1, 0.15) is 30.7 Å². The minimum Gasteiger partial charge on any atom is -0.422 e. The van der Waals surface area contributed by atoms with Crippen LogP contribution in [0.15, 0.2) is 38.3 Å². The van der Waals surface area contributed by atoms with E-state index in [4.69, 9.17) is 4.42 Å². The van der Waals surface area contributed by atoms with Crippen molar-refractivity contribution in [1.82, 2.24) is 14.2 Å². The van der Waals surface area contributed by atoms with Gasteiger partial charge in [-0.15, -0.1) is 5.10 Å². The highest BCUT2D eigenvalue weighted by Crippen LogP contribution is 2.28. The van der Waals surface area contributed by atoms with E-state index in [2.05, 4.69) is 11.2 Å². The Morgan fingerprint density at radius 2 is 1.96 bits per heavy atom. The van der Waals surface area contributed by atoms with Crippen molar-refractivity contribution in [2.45, 2.75) is 32.2 Å². The number of aromatic nitrogens is 3. The Labute approximate surface area is 146 Å². The van der Waals surface area contributed by atoms with E-state index in [-0.39, 0.29) is 5.39 Å². The Balaban J connectivity index is 2.13. The van der Waals surface area contributed by atoms with E-state index in [1.54, 1.807) is 24.3 Å². The van der Waals surface area contributed by atoms with Gasteiger partial charge in [0, 0.05) is 23.7 Å². The summed E-state index contributed by atoms with van der Waals surface area (Å²) in [6.07, 6.45) is 3.79. The smallest absolute Gasteiger partial charge is 0.349 e. The summed E-state index contributed by atoms with van der Waals surface area (Å²) in [7, 11) is 0. The lowest BCUT2D eigenvalue weighted by molar-refractivity contribution is 0.568. The molecule has 0 unspecified atom stereocenters. The first-order valence-corrected chi connectivity index (χ1v) is 8.61.